The van der Waals surface area contributed by atoms with E-state index in [-0.39, 0.29) is 13.0 Å². The van der Waals surface area contributed by atoms with Gasteiger partial charge in [0.25, 0.3) is 0 Å². The minimum absolute atomic E-state index is 0.0361. The number of nitrogens with one attached hydrogen (secondary N) is 1. The molecule has 1 aromatic carbocycles. The van der Waals surface area contributed by atoms with Gasteiger partial charge in [0, 0.05) is 0 Å². The predicted molar refractivity (Wildman–Crippen MR) is 72.3 cm³/mol. The third-order valence-corrected chi connectivity index (χ3v) is 2.11. The molecule has 1 aromatic rings. The molecule has 1 rings (SSSR count). The van der Waals surface area contributed by atoms with Gasteiger partial charge in [-0.1, -0.05) is 12.1 Å². The molecule has 6 nitrogen and oxygen atoms in total. The van der Waals surface area contributed by atoms with Crippen LogP contribution in [0, 0.1) is 0 Å². The van der Waals surface area contributed by atoms with Gasteiger partial charge in [0.15, 0.2) is 0 Å². The number of benzene rings is 1. The molecule has 20 heavy (non-hydrogen) atoms. The SMILES string of the molecule is CC(C)(C)OC(=O)CNOc1ccc(CC(=O)O)cc1. The smallest absolute Gasteiger partial charge is 0.323 e. The largest absolute Gasteiger partial charge is 0.481 e. The van der Waals surface area contributed by atoms with Crippen LogP contribution in [-0.4, -0.2) is 29.2 Å². The second kappa shape index (κ2) is 6.91. The van der Waals surface area contributed by atoms with Crippen molar-refractivity contribution in [1.82, 2.24) is 5.48 Å². The van der Waals surface area contributed by atoms with E-state index in [1.165, 1.54) is 0 Å². The second-order valence-electron chi connectivity index (χ2n) is 5.22. The van der Waals surface area contributed by atoms with Gasteiger partial charge in [0.05, 0.1) is 6.42 Å². The molecule has 0 bridgehead atoms. The summed E-state index contributed by atoms with van der Waals surface area (Å²) in [6.07, 6.45) is -0.0361. The van der Waals surface area contributed by atoms with E-state index in [0.717, 1.165) is 0 Å². The first-order valence-corrected chi connectivity index (χ1v) is 6.18. The van der Waals surface area contributed by atoms with Crippen molar-refractivity contribution in [3.05, 3.63) is 29.8 Å². The number of rotatable bonds is 6. The Morgan fingerprint density at radius 2 is 1.80 bits per heavy atom. The third kappa shape index (κ3) is 6.75. The van der Waals surface area contributed by atoms with Crippen LogP contribution >= 0.6 is 0 Å². The molecule has 0 amide bonds. The molecule has 0 aromatic heterocycles. The summed E-state index contributed by atoms with van der Waals surface area (Å²) in [7, 11) is 0. The molecule has 0 atom stereocenters. The van der Waals surface area contributed by atoms with Crippen molar-refractivity contribution < 1.29 is 24.3 Å². The lowest BCUT2D eigenvalue weighted by Crippen LogP contribution is -2.33. The highest BCUT2D eigenvalue weighted by molar-refractivity contribution is 5.72. The Morgan fingerprint density at radius 1 is 1.20 bits per heavy atom. The fraction of sp³-hybridized carbons (Fsp3) is 0.429. The molecule has 0 spiro atoms. The summed E-state index contributed by atoms with van der Waals surface area (Å²) < 4.78 is 5.09. The molecule has 6 heteroatoms. The van der Waals surface area contributed by atoms with E-state index < -0.39 is 17.5 Å². The van der Waals surface area contributed by atoms with Crippen LogP contribution in [0.4, 0.5) is 0 Å². The Morgan fingerprint density at radius 3 is 2.30 bits per heavy atom. The maximum atomic E-state index is 11.4. The molecule has 2 N–H and O–H groups in total. The standard InChI is InChI=1S/C14H19NO5/c1-14(2,3)19-13(18)9-15-20-11-6-4-10(5-7-11)8-12(16)17/h4-7,15H,8-9H2,1-3H3,(H,16,17). The van der Waals surface area contributed by atoms with Crippen LogP contribution in [0.1, 0.15) is 26.3 Å². The van der Waals surface area contributed by atoms with Gasteiger partial charge in [-0.25, -0.2) is 0 Å². The second-order valence-corrected chi connectivity index (χ2v) is 5.22. The molecule has 0 heterocycles. The first-order valence-electron chi connectivity index (χ1n) is 6.18. The van der Waals surface area contributed by atoms with Gasteiger partial charge >= 0.3 is 11.9 Å². The highest BCUT2D eigenvalue weighted by Crippen LogP contribution is 2.12. The lowest BCUT2D eigenvalue weighted by molar-refractivity contribution is -0.155. The van der Waals surface area contributed by atoms with Gasteiger partial charge in [-0.3, -0.25) is 9.59 Å². The first kappa shape index (κ1) is 16.0. The molecule has 0 fully saturated rings. The van der Waals surface area contributed by atoms with Crippen LogP contribution in [-0.2, 0) is 20.7 Å². The Labute approximate surface area is 117 Å². The van der Waals surface area contributed by atoms with Gasteiger partial charge in [-0.15, -0.1) is 5.48 Å². The van der Waals surface area contributed by atoms with Gasteiger partial charge in [-0.2, -0.15) is 0 Å². The summed E-state index contributed by atoms with van der Waals surface area (Å²) in [4.78, 5) is 27.1. The van der Waals surface area contributed by atoms with Crippen LogP contribution in [0.5, 0.6) is 5.75 Å². The zero-order valence-electron chi connectivity index (χ0n) is 11.8. The number of esters is 1. The Hall–Kier alpha value is -2.08. The fourth-order valence-corrected chi connectivity index (χ4v) is 1.41. The molecule has 0 radical (unpaired) electrons. The summed E-state index contributed by atoms with van der Waals surface area (Å²) >= 11 is 0. The Balaban J connectivity index is 2.35. The summed E-state index contributed by atoms with van der Waals surface area (Å²) in [6.45, 7) is 5.28. The number of ether oxygens (including phenoxy) is 1. The first-order chi connectivity index (χ1) is 9.26. The van der Waals surface area contributed by atoms with Crippen molar-refractivity contribution in [2.45, 2.75) is 32.8 Å². The van der Waals surface area contributed by atoms with E-state index in [4.69, 9.17) is 14.7 Å². The highest BCUT2D eigenvalue weighted by Gasteiger charge is 2.15. The minimum Gasteiger partial charge on any atom is -0.481 e. The normalized spacial score (nSPS) is 10.9. The monoisotopic (exact) mass is 281 g/mol. The van der Waals surface area contributed by atoms with Crippen molar-refractivity contribution in [2.75, 3.05) is 6.54 Å². The lowest BCUT2D eigenvalue weighted by Gasteiger charge is -2.19. The number of hydrogen-bond acceptors (Lipinski definition) is 5. The van der Waals surface area contributed by atoms with Crippen LogP contribution in [0.25, 0.3) is 0 Å². The third-order valence-electron chi connectivity index (χ3n) is 2.11. The molecule has 0 saturated heterocycles. The summed E-state index contributed by atoms with van der Waals surface area (Å²) in [5, 5.41) is 8.64. The maximum Gasteiger partial charge on any atom is 0.323 e. The van der Waals surface area contributed by atoms with E-state index in [1.54, 1.807) is 45.0 Å². The number of hydrogen-bond donors (Lipinski definition) is 2. The number of carboxylic acid groups (broad SMARTS) is 1. The minimum atomic E-state index is -0.887. The predicted octanol–water partition coefficient (Wildman–Crippen LogP) is 1.54. The zero-order valence-corrected chi connectivity index (χ0v) is 11.8. The molecule has 110 valence electrons. The van der Waals surface area contributed by atoms with Gasteiger partial charge in [0.2, 0.25) is 0 Å². The summed E-state index contributed by atoms with van der Waals surface area (Å²) in [5.41, 5.74) is 2.64. The van der Waals surface area contributed by atoms with Crippen molar-refractivity contribution in [3.8, 4) is 5.75 Å². The van der Waals surface area contributed by atoms with Crippen LogP contribution < -0.4 is 10.3 Å². The number of carbonyl (C=O) groups excluding carboxylic acids is 1. The van der Waals surface area contributed by atoms with Crippen molar-refractivity contribution in [1.29, 1.82) is 0 Å². The van der Waals surface area contributed by atoms with Crippen LogP contribution in [0.15, 0.2) is 24.3 Å². The van der Waals surface area contributed by atoms with Crippen molar-refractivity contribution in [2.24, 2.45) is 0 Å². The quantitative estimate of drug-likeness (QED) is 0.607. The average Bonchev–Trinajstić information content (AvgIpc) is 2.28. The number of aliphatic carboxylic acids is 1. The number of carbonyl (C=O) groups is 2. The van der Waals surface area contributed by atoms with E-state index in [1.807, 2.05) is 0 Å². The lowest BCUT2D eigenvalue weighted by atomic mass is 10.1. The highest BCUT2D eigenvalue weighted by atomic mass is 16.7. The number of hydroxylamine groups is 1. The van der Waals surface area contributed by atoms with E-state index in [2.05, 4.69) is 5.48 Å². The van der Waals surface area contributed by atoms with E-state index in [0.29, 0.717) is 11.3 Å². The van der Waals surface area contributed by atoms with Crippen molar-refractivity contribution >= 4 is 11.9 Å². The fourth-order valence-electron chi connectivity index (χ4n) is 1.41. The van der Waals surface area contributed by atoms with Gasteiger partial charge in [-0.05, 0) is 38.5 Å². The molecular formula is C14H19NO5. The summed E-state index contributed by atoms with van der Waals surface area (Å²) in [6, 6.07) is 6.55. The van der Waals surface area contributed by atoms with E-state index >= 15 is 0 Å². The molecule has 0 aliphatic carbocycles. The van der Waals surface area contributed by atoms with Gasteiger partial charge < -0.3 is 14.7 Å². The molecular weight excluding hydrogens is 262 g/mol. The van der Waals surface area contributed by atoms with E-state index in [9.17, 15) is 9.59 Å². The summed E-state index contributed by atoms with van der Waals surface area (Å²) in [5.74, 6) is -0.815. The molecule has 0 unspecified atom stereocenters. The number of carboxylic acids is 1. The Kier molecular flexibility index (Phi) is 5.52. The molecule has 0 aliphatic rings. The topological polar surface area (TPSA) is 84.9 Å². The van der Waals surface area contributed by atoms with Crippen LogP contribution in [0.2, 0.25) is 0 Å². The zero-order chi connectivity index (χ0) is 15.2. The molecule has 0 aliphatic heterocycles. The maximum absolute atomic E-state index is 11.4. The van der Waals surface area contributed by atoms with Crippen molar-refractivity contribution in [3.63, 3.8) is 0 Å². The molecule has 0 saturated carbocycles. The Bertz CT molecular complexity index is 461. The van der Waals surface area contributed by atoms with Crippen LogP contribution in [0.3, 0.4) is 0 Å². The average molecular weight is 281 g/mol. The van der Waals surface area contributed by atoms with Gasteiger partial charge in [0.1, 0.15) is 17.9 Å².